The van der Waals surface area contributed by atoms with Crippen LogP contribution in [-0.2, 0) is 80.1 Å². The average Bonchev–Trinajstić information content (AvgIpc) is 1.03. The third-order valence-corrected chi connectivity index (χ3v) is 17.5. The van der Waals surface area contributed by atoms with Crippen molar-refractivity contribution in [2.24, 2.45) is 0 Å². The maximum atomic E-state index is 13.7. The van der Waals surface area contributed by atoms with Crippen molar-refractivity contribution in [3.05, 3.63) is 173 Å². The Morgan fingerprint density at radius 3 is 1.14 bits per heavy atom. The van der Waals surface area contributed by atoms with Gasteiger partial charge < -0.3 is 43.2 Å². The molecule has 536 valence electrons. The van der Waals surface area contributed by atoms with Gasteiger partial charge in [-0.3, -0.25) is 48.7 Å². The molecular weight excluding hydrogens is 1220 g/mol. The SMILES string of the molecule is CCOCCOCCOc1ccc(CCC[C@@H](C(=O)OC)N2CCN(Cc3ccccc3)CCN(Cc3ccccc3)CCN([C@H](COC(C)(C)C)C(=O)OC)CC2)cc1.COC(=O)[C@@H](COC(C)(C)C)N1CCNCCN(Cc2ccccc2)CCN(Cc2ccccc2)CC1. The van der Waals surface area contributed by atoms with Crippen LogP contribution in [0.2, 0.25) is 0 Å². The van der Waals surface area contributed by atoms with Gasteiger partial charge in [0, 0.05) is 138 Å². The lowest BCUT2D eigenvalue weighted by Crippen LogP contribution is -2.54. The molecule has 19 heteroatoms. The van der Waals surface area contributed by atoms with E-state index in [4.69, 9.17) is 37.9 Å². The molecule has 2 heterocycles. The fourth-order valence-electron chi connectivity index (χ4n) is 11.9. The highest BCUT2D eigenvalue weighted by molar-refractivity contribution is 5.76. The first-order valence-electron chi connectivity index (χ1n) is 35.3. The van der Waals surface area contributed by atoms with Crippen molar-refractivity contribution >= 4 is 17.9 Å². The van der Waals surface area contributed by atoms with Gasteiger partial charge in [-0.05, 0) is 108 Å². The maximum absolute atomic E-state index is 13.7. The molecule has 0 saturated carbocycles. The van der Waals surface area contributed by atoms with E-state index >= 15 is 0 Å². The van der Waals surface area contributed by atoms with Crippen LogP contribution in [0.15, 0.2) is 146 Å². The van der Waals surface area contributed by atoms with Gasteiger partial charge in [0.25, 0.3) is 0 Å². The number of rotatable bonds is 30. The zero-order chi connectivity index (χ0) is 69.5. The number of aryl methyl sites for hydroxylation is 1. The third kappa shape index (κ3) is 32.1. The molecule has 2 aliphatic rings. The van der Waals surface area contributed by atoms with Crippen LogP contribution in [-0.4, -0.2) is 254 Å². The first kappa shape index (κ1) is 79.8. The summed E-state index contributed by atoms with van der Waals surface area (Å²) in [5.74, 6) is -0.0108. The van der Waals surface area contributed by atoms with Crippen LogP contribution < -0.4 is 10.1 Å². The van der Waals surface area contributed by atoms with Gasteiger partial charge in [0.15, 0.2) is 0 Å². The van der Waals surface area contributed by atoms with Gasteiger partial charge in [0.05, 0.1) is 65.6 Å². The number of esters is 3. The molecule has 0 spiro atoms. The Bertz CT molecular complexity index is 2890. The topological polar surface area (TPSA) is 160 Å². The van der Waals surface area contributed by atoms with Crippen LogP contribution in [0.1, 0.15) is 89.1 Å². The van der Waals surface area contributed by atoms with Gasteiger partial charge in [-0.25, -0.2) is 0 Å². The number of carbonyl (C=O) groups excluding carboxylic acids is 3. The Labute approximate surface area is 581 Å². The van der Waals surface area contributed by atoms with E-state index in [-0.39, 0.29) is 30.1 Å². The zero-order valence-electron chi connectivity index (χ0n) is 60.4. The number of methoxy groups -OCH3 is 3. The summed E-state index contributed by atoms with van der Waals surface area (Å²) < 4.78 is 45.1. The summed E-state index contributed by atoms with van der Waals surface area (Å²) in [6.07, 6.45) is 2.22. The fraction of sp³-hybridized carbons (Fsp3) is 0.577. The molecular formula is C78H118N8O11. The number of ether oxygens (including phenoxy) is 8. The highest BCUT2D eigenvalue weighted by Crippen LogP contribution is 2.21. The van der Waals surface area contributed by atoms with Crippen molar-refractivity contribution in [3.63, 3.8) is 0 Å². The van der Waals surface area contributed by atoms with Crippen LogP contribution in [0.3, 0.4) is 0 Å². The molecule has 5 aromatic carbocycles. The molecule has 19 nitrogen and oxygen atoms in total. The molecule has 2 saturated heterocycles. The summed E-state index contributed by atoms with van der Waals surface area (Å²) in [4.78, 5) is 56.7. The number of hydrogen-bond donors (Lipinski definition) is 1. The molecule has 0 aromatic heterocycles. The van der Waals surface area contributed by atoms with Crippen LogP contribution in [0.25, 0.3) is 0 Å². The second kappa shape index (κ2) is 44.8. The second-order valence-electron chi connectivity index (χ2n) is 27.1. The van der Waals surface area contributed by atoms with Crippen LogP contribution >= 0.6 is 0 Å². The molecule has 2 aliphatic heterocycles. The summed E-state index contributed by atoms with van der Waals surface area (Å²) >= 11 is 0. The highest BCUT2D eigenvalue weighted by atomic mass is 16.6. The predicted molar refractivity (Wildman–Crippen MR) is 385 cm³/mol. The minimum Gasteiger partial charge on any atom is -0.491 e. The van der Waals surface area contributed by atoms with Crippen molar-refractivity contribution in [2.45, 2.75) is 123 Å². The molecule has 0 unspecified atom stereocenters. The lowest BCUT2D eigenvalue weighted by Gasteiger charge is -2.38. The Balaban J connectivity index is 0.000000343. The smallest absolute Gasteiger partial charge is 0.325 e. The molecule has 97 heavy (non-hydrogen) atoms. The first-order chi connectivity index (χ1) is 46.9. The van der Waals surface area contributed by atoms with Gasteiger partial charge in [-0.1, -0.05) is 133 Å². The maximum Gasteiger partial charge on any atom is 0.325 e. The number of nitrogens with one attached hydrogen (secondary N) is 1. The summed E-state index contributed by atoms with van der Waals surface area (Å²) in [5, 5.41) is 3.59. The Kier molecular flexibility index (Phi) is 36.8. The molecule has 5 aromatic rings. The monoisotopic (exact) mass is 1340 g/mol. The standard InChI is InChI=1S/C48H72N4O8.C30H46N4O3/c1-7-57-33-34-58-35-36-59-43-23-21-40(22-24-43)19-14-20-44(46(53)55-5)51-29-27-49(37-41-15-10-8-11-16-41)25-26-50(38-42-17-12-9-13-18-42)28-30-52(32-31-51)45(47(54)56-6)39-60-48(2,3)4;1-30(2,3)37-25-28(29(35)36-4)34-18-16-31-15-17-32(23-26-11-7-5-8-12-26)19-20-33(21-22-34)24-27-13-9-6-10-14-27/h8-13,15-18,21-24,44-45H,7,14,19-20,25-39H2,1-6H3;5-14,28,31H,15-25H2,1-4H3/t44-,45+;28-/m01/s1. The first-order valence-corrected chi connectivity index (χ1v) is 35.3. The van der Waals surface area contributed by atoms with E-state index in [1.807, 2.05) is 66.7 Å². The highest BCUT2D eigenvalue weighted by Gasteiger charge is 2.34. The van der Waals surface area contributed by atoms with Crippen LogP contribution in [0.4, 0.5) is 0 Å². The minimum absolute atomic E-state index is 0.201. The van der Waals surface area contributed by atoms with Gasteiger partial charge in [0.2, 0.25) is 0 Å². The lowest BCUT2D eigenvalue weighted by molar-refractivity contribution is -0.153. The normalized spacial score (nSPS) is 17.3. The molecule has 2 fully saturated rings. The summed E-state index contributed by atoms with van der Waals surface area (Å²) in [7, 11) is 4.37. The van der Waals surface area contributed by atoms with E-state index in [0.29, 0.717) is 72.2 Å². The van der Waals surface area contributed by atoms with E-state index in [2.05, 4.69) is 167 Å². The van der Waals surface area contributed by atoms with Crippen LogP contribution in [0.5, 0.6) is 5.75 Å². The Hall–Kier alpha value is -6.17. The van der Waals surface area contributed by atoms with E-state index in [1.165, 1.54) is 49.1 Å². The summed E-state index contributed by atoms with van der Waals surface area (Å²) in [5.41, 5.74) is 5.56. The Morgan fingerprint density at radius 2 is 0.742 bits per heavy atom. The lowest BCUT2D eigenvalue weighted by atomic mass is 10.0. The number of carbonyl (C=O) groups is 3. The van der Waals surface area contributed by atoms with Crippen molar-refractivity contribution in [1.29, 1.82) is 0 Å². The molecule has 0 amide bonds. The van der Waals surface area contributed by atoms with Crippen molar-refractivity contribution in [3.8, 4) is 5.75 Å². The molecule has 0 radical (unpaired) electrons. The third-order valence-electron chi connectivity index (χ3n) is 17.5. The van der Waals surface area contributed by atoms with E-state index in [0.717, 1.165) is 123 Å². The van der Waals surface area contributed by atoms with Crippen molar-refractivity contribution in [1.82, 2.24) is 39.6 Å². The molecule has 1 N–H and O–H groups in total. The minimum atomic E-state index is -0.608. The van der Waals surface area contributed by atoms with Gasteiger partial charge in [-0.15, -0.1) is 0 Å². The van der Waals surface area contributed by atoms with Gasteiger partial charge in [-0.2, -0.15) is 0 Å². The molecule has 0 bridgehead atoms. The zero-order valence-corrected chi connectivity index (χ0v) is 60.4. The van der Waals surface area contributed by atoms with Crippen LogP contribution in [0, 0.1) is 0 Å². The van der Waals surface area contributed by atoms with E-state index < -0.39 is 23.7 Å². The summed E-state index contributed by atoms with van der Waals surface area (Å²) in [6.45, 7) is 33.3. The van der Waals surface area contributed by atoms with E-state index in [1.54, 1.807) is 0 Å². The van der Waals surface area contributed by atoms with Gasteiger partial charge in [0.1, 0.15) is 30.5 Å². The summed E-state index contributed by atoms with van der Waals surface area (Å²) in [6, 6.07) is 49.1. The number of benzene rings is 5. The predicted octanol–water partition coefficient (Wildman–Crippen LogP) is 9.21. The van der Waals surface area contributed by atoms with Gasteiger partial charge >= 0.3 is 17.9 Å². The second-order valence-corrected chi connectivity index (χ2v) is 27.1. The fourth-order valence-corrected chi connectivity index (χ4v) is 11.9. The quantitative estimate of drug-likeness (QED) is 0.0263. The Morgan fingerprint density at radius 1 is 0.402 bits per heavy atom. The van der Waals surface area contributed by atoms with Crippen molar-refractivity contribution < 1.29 is 52.3 Å². The van der Waals surface area contributed by atoms with Crippen molar-refractivity contribution in [2.75, 3.05) is 172 Å². The largest absolute Gasteiger partial charge is 0.491 e. The number of hydrogen-bond acceptors (Lipinski definition) is 19. The average molecular weight is 1340 g/mol. The number of nitrogens with zero attached hydrogens (tertiary/aromatic N) is 7. The van der Waals surface area contributed by atoms with E-state index in [9.17, 15) is 14.4 Å². The molecule has 3 atom stereocenters. The molecule has 0 aliphatic carbocycles. The molecule has 7 rings (SSSR count).